The normalized spacial score (nSPS) is 10.2. The molecule has 2 aromatic rings. The first-order chi connectivity index (χ1) is 8.18. The second kappa shape index (κ2) is 4.73. The largest absolute Gasteiger partial charge is 0.348 e. The van der Waals surface area contributed by atoms with Crippen LogP contribution in [-0.2, 0) is 6.54 Å². The van der Waals surface area contributed by atoms with Crippen LogP contribution >= 0.6 is 0 Å². The lowest BCUT2D eigenvalue weighted by Crippen LogP contribution is -2.23. The first-order valence-electron chi connectivity index (χ1n) is 5.22. The molecule has 17 heavy (non-hydrogen) atoms. The van der Waals surface area contributed by atoms with Gasteiger partial charge in [-0.1, -0.05) is 0 Å². The minimum atomic E-state index is -0.189. The van der Waals surface area contributed by atoms with Crippen molar-refractivity contribution in [2.75, 3.05) is 0 Å². The molecule has 88 valence electrons. The number of aryl methyl sites for hydroxylation is 2. The molecule has 0 spiro atoms. The summed E-state index contributed by atoms with van der Waals surface area (Å²) in [5.41, 5.74) is 3.32. The second-order valence-electron chi connectivity index (χ2n) is 3.72. The zero-order valence-corrected chi connectivity index (χ0v) is 9.69. The van der Waals surface area contributed by atoms with E-state index >= 15 is 0 Å². The molecule has 0 fully saturated rings. The number of rotatable bonds is 3. The topological polar surface area (TPSA) is 83.6 Å². The van der Waals surface area contributed by atoms with Crippen molar-refractivity contribution in [3.63, 3.8) is 0 Å². The Labute approximate surface area is 98.5 Å². The van der Waals surface area contributed by atoms with Crippen LogP contribution in [-0.4, -0.2) is 26.1 Å². The first kappa shape index (κ1) is 11.3. The van der Waals surface area contributed by atoms with E-state index in [1.807, 2.05) is 13.8 Å². The van der Waals surface area contributed by atoms with E-state index < -0.39 is 0 Å². The molecule has 0 bridgehead atoms. The van der Waals surface area contributed by atoms with Crippen LogP contribution in [0.5, 0.6) is 0 Å². The Morgan fingerprint density at radius 1 is 1.35 bits per heavy atom. The Hall–Kier alpha value is -2.24. The summed E-state index contributed by atoms with van der Waals surface area (Å²) in [6.07, 6.45) is 4.36. The van der Waals surface area contributed by atoms with Gasteiger partial charge in [-0.25, -0.2) is 9.97 Å². The molecular formula is C11H13N5O. The summed E-state index contributed by atoms with van der Waals surface area (Å²) in [7, 11) is 0. The van der Waals surface area contributed by atoms with Gasteiger partial charge in [-0.3, -0.25) is 9.89 Å². The average molecular weight is 231 g/mol. The van der Waals surface area contributed by atoms with Gasteiger partial charge in [0.05, 0.1) is 11.3 Å². The minimum Gasteiger partial charge on any atom is -0.348 e. The van der Waals surface area contributed by atoms with E-state index in [4.69, 9.17) is 0 Å². The molecule has 2 heterocycles. The Bertz CT molecular complexity index is 500. The molecule has 0 unspecified atom stereocenters. The zero-order valence-electron chi connectivity index (χ0n) is 9.69. The lowest BCUT2D eigenvalue weighted by atomic mass is 10.2. The number of nitrogens with zero attached hydrogens (tertiary/aromatic N) is 3. The third kappa shape index (κ3) is 2.47. The molecule has 0 saturated carbocycles. The fraction of sp³-hybridized carbons (Fsp3) is 0.273. The van der Waals surface area contributed by atoms with Gasteiger partial charge in [0.2, 0.25) is 0 Å². The summed E-state index contributed by atoms with van der Waals surface area (Å²) in [5.74, 6) is -0.189. The van der Waals surface area contributed by atoms with Gasteiger partial charge in [-0.05, 0) is 13.8 Å². The van der Waals surface area contributed by atoms with Crippen LogP contribution in [0.3, 0.4) is 0 Å². The predicted octanol–water partition coefficient (Wildman–Crippen LogP) is 0.747. The van der Waals surface area contributed by atoms with Crippen LogP contribution in [0.1, 0.15) is 27.3 Å². The summed E-state index contributed by atoms with van der Waals surface area (Å²) in [5, 5.41) is 9.74. The third-order valence-electron chi connectivity index (χ3n) is 2.53. The fourth-order valence-corrected chi connectivity index (χ4v) is 1.52. The maximum Gasteiger partial charge on any atom is 0.254 e. The number of amides is 1. The molecule has 0 saturated heterocycles. The summed E-state index contributed by atoms with van der Waals surface area (Å²) >= 11 is 0. The van der Waals surface area contributed by atoms with E-state index in [-0.39, 0.29) is 5.91 Å². The van der Waals surface area contributed by atoms with Crippen molar-refractivity contribution in [2.45, 2.75) is 20.4 Å². The molecule has 0 atom stereocenters. The highest BCUT2D eigenvalue weighted by Gasteiger charge is 2.09. The Balaban J connectivity index is 2.02. The van der Waals surface area contributed by atoms with Crippen LogP contribution in [0.15, 0.2) is 18.7 Å². The molecule has 0 aliphatic carbocycles. The molecule has 1 amide bonds. The quantitative estimate of drug-likeness (QED) is 0.816. The summed E-state index contributed by atoms with van der Waals surface area (Å²) in [6.45, 7) is 4.27. The molecular weight excluding hydrogens is 218 g/mol. The lowest BCUT2D eigenvalue weighted by Gasteiger charge is -2.04. The zero-order chi connectivity index (χ0) is 12.3. The van der Waals surface area contributed by atoms with Gasteiger partial charge in [0.25, 0.3) is 5.91 Å². The molecule has 0 aliphatic heterocycles. The molecule has 6 heteroatoms. The molecule has 0 aromatic carbocycles. The number of carbonyl (C=O) groups excluding carboxylic acids is 1. The van der Waals surface area contributed by atoms with Crippen molar-refractivity contribution in [2.24, 2.45) is 0 Å². The van der Waals surface area contributed by atoms with Crippen LogP contribution < -0.4 is 5.32 Å². The Morgan fingerprint density at radius 3 is 2.65 bits per heavy atom. The summed E-state index contributed by atoms with van der Waals surface area (Å²) in [4.78, 5) is 19.3. The van der Waals surface area contributed by atoms with E-state index in [0.29, 0.717) is 12.1 Å². The number of hydrogen-bond donors (Lipinski definition) is 2. The number of aromatic nitrogens is 4. The third-order valence-corrected chi connectivity index (χ3v) is 2.53. The number of H-pyrrole nitrogens is 1. The molecule has 2 N–H and O–H groups in total. The highest BCUT2D eigenvalue weighted by molar-refractivity contribution is 5.93. The van der Waals surface area contributed by atoms with Crippen LogP contribution in [0.4, 0.5) is 0 Å². The van der Waals surface area contributed by atoms with E-state index in [1.165, 1.54) is 18.7 Å². The van der Waals surface area contributed by atoms with Crippen molar-refractivity contribution >= 4 is 5.91 Å². The Morgan fingerprint density at radius 2 is 2.06 bits per heavy atom. The summed E-state index contributed by atoms with van der Waals surface area (Å²) < 4.78 is 0. The van der Waals surface area contributed by atoms with Crippen LogP contribution in [0, 0.1) is 13.8 Å². The standard InChI is InChI=1S/C11H13N5O/c1-7-10(8(2)16-15-7)5-14-11(17)9-3-12-6-13-4-9/h3-4,6H,5H2,1-2H3,(H,14,17)(H,15,16). The first-order valence-corrected chi connectivity index (χ1v) is 5.22. The van der Waals surface area contributed by atoms with E-state index in [9.17, 15) is 4.79 Å². The van der Waals surface area contributed by atoms with Gasteiger partial charge in [0.15, 0.2) is 0 Å². The highest BCUT2D eigenvalue weighted by atomic mass is 16.1. The number of hydrogen-bond acceptors (Lipinski definition) is 4. The van der Waals surface area contributed by atoms with Gasteiger partial charge in [-0.2, -0.15) is 5.10 Å². The maximum atomic E-state index is 11.7. The van der Waals surface area contributed by atoms with E-state index in [0.717, 1.165) is 17.0 Å². The molecule has 0 aliphatic rings. The lowest BCUT2D eigenvalue weighted by molar-refractivity contribution is 0.0950. The maximum absolute atomic E-state index is 11.7. The minimum absolute atomic E-state index is 0.189. The fourth-order valence-electron chi connectivity index (χ4n) is 1.52. The predicted molar refractivity (Wildman–Crippen MR) is 61.3 cm³/mol. The van der Waals surface area contributed by atoms with Gasteiger partial charge in [0, 0.05) is 30.2 Å². The number of aromatic amines is 1. The van der Waals surface area contributed by atoms with E-state index in [1.54, 1.807) is 0 Å². The Kier molecular flexibility index (Phi) is 3.13. The SMILES string of the molecule is Cc1n[nH]c(C)c1CNC(=O)c1cncnc1. The van der Waals surface area contributed by atoms with Gasteiger partial charge < -0.3 is 5.32 Å². The molecule has 0 radical (unpaired) electrons. The van der Waals surface area contributed by atoms with Crippen molar-refractivity contribution in [3.05, 3.63) is 41.2 Å². The number of nitrogens with one attached hydrogen (secondary N) is 2. The van der Waals surface area contributed by atoms with Crippen molar-refractivity contribution in [3.8, 4) is 0 Å². The van der Waals surface area contributed by atoms with Gasteiger partial charge in [0.1, 0.15) is 6.33 Å². The van der Waals surface area contributed by atoms with Crippen molar-refractivity contribution in [1.29, 1.82) is 0 Å². The molecule has 2 aromatic heterocycles. The van der Waals surface area contributed by atoms with Crippen molar-refractivity contribution in [1.82, 2.24) is 25.5 Å². The molecule has 2 rings (SSSR count). The number of carbonyl (C=O) groups is 1. The monoisotopic (exact) mass is 231 g/mol. The van der Waals surface area contributed by atoms with Crippen LogP contribution in [0.25, 0.3) is 0 Å². The average Bonchev–Trinajstić information content (AvgIpc) is 2.67. The van der Waals surface area contributed by atoms with E-state index in [2.05, 4.69) is 25.5 Å². The molecule has 6 nitrogen and oxygen atoms in total. The van der Waals surface area contributed by atoms with Crippen LogP contribution in [0.2, 0.25) is 0 Å². The van der Waals surface area contributed by atoms with Gasteiger partial charge >= 0.3 is 0 Å². The highest BCUT2D eigenvalue weighted by Crippen LogP contribution is 2.08. The van der Waals surface area contributed by atoms with Crippen molar-refractivity contribution < 1.29 is 4.79 Å². The smallest absolute Gasteiger partial charge is 0.254 e. The van der Waals surface area contributed by atoms with Gasteiger partial charge in [-0.15, -0.1) is 0 Å². The second-order valence-corrected chi connectivity index (χ2v) is 3.72. The summed E-state index contributed by atoms with van der Waals surface area (Å²) in [6, 6.07) is 0.